The Morgan fingerprint density at radius 1 is 1.19 bits per heavy atom. The number of aryl methyl sites for hydroxylation is 3. The van der Waals surface area contributed by atoms with Gasteiger partial charge < -0.3 is 4.74 Å². The van der Waals surface area contributed by atoms with Gasteiger partial charge in [-0.1, -0.05) is 6.07 Å². The molecule has 0 saturated carbocycles. The number of nitrogens with zero attached hydrogens (tertiary/aromatic N) is 3. The first-order valence-corrected chi connectivity index (χ1v) is 7.27. The molecule has 4 heteroatoms. The Bertz CT molecular complexity index is 835. The van der Waals surface area contributed by atoms with Gasteiger partial charge in [0.05, 0.1) is 13.3 Å². The predicted molar refractivity (Wildman–Crippen MR) is 81.7 cm³/mol. The van der Waals surface area contributed by atoms with E-state index in [9.17, 15) is 0 Å². The van der Waals surface area contributed by atoms with Crippen molar-refractivity contribution in [1.29, 1.82) is 0 Å². The van der Waals surface area contributed by atoms with Crippen LogP contribution < -0.4 is 4.74 Å². The first-order valence-electron chi connectivity index (χ1n) is 7.27. The molecule has 4 nitrogen and oxygen atoms in total. The summed E-state index contributed by atoms with van der Waals surface area (Å²) in [5.74, 6) is 0.876. The van der Waals surface area contributed by atoms with Crippen molar-refractivity contribution in [3.8, 4) is 16.9 Å². The van der Waals surface area contributed by atoms with Crippen LogP contribution in [0.25, 0.3) is 16.8 Å². The molecule has 1 aliphatic rings. The van der Waals surface area contributed by atoms with Crippen molar-refractivity contribution in [3.05, 3.63) is 47.4 Å². The highest BCUT2D eigenvalue weighted by Crippen LogP contribution is 2.30. The van der Waals surface area contributed by atoms with E-state index in [1.165, 1.54) is 23.2 Å². The number of aromatic nitrogens is 3. The van der Waals surface area contributed by atoms with Crippen LogP contribution in [-0.4, -0.2) is 21.7 Å². The maximum absolute atomic E-state index is 5.28. The maximum Gasteiger partial charge on any atom is 0.163 e. The van der Waals surface area contributed by atoms with E-state index in [2.05, 4.69) is 24.3 Å². The number of ether oxygens (including phenoxy) is 1. The van der Waals surface area contributed by atoms with Crippen LogP contribution in [0.15, 0.2) is 30.6 Å². The Morgan fingerprint density at radius 3 is 2.90 bits per heavy atom. The molecule has 1 aromatic carbocycles. The molecular weight excluding hydrogens is 262 g/mol. The van der Waals surface area contributed by atoms with Gasteiger partial charge in [0.15, 0.2) is 5.65 Å². The Kier molecular flexibility index (Phi) is 2.70. The zero-order chi connectivity index (χ0) is 14.4. The van der Waals surface area contributed by atoms with Crippen LogP contribution in [0.2, 0.25) is 0 Å². The van der Waals surface area contributed by atoms with E-state index in [4.69, 9.17) is 9.72 Å². The average Bonchev–Trinajstić information content (AvgIpc) is 3.10. The summed E-state index contributed by atoms with van der Waals surface area (Å²) in [6.07, 6.45) is 7.44. The molecule has 1 aliphatic carbocycles. The second-order valence-corrected chi connectivity index (χ2v) is 5.57. The van der Waals surface area contributed by atoms with E-state index >= 15 is 0 Å². The second kappa shape index (κ2) is 4.58. The highest BCUT2D eigenvalue weighted by molar-refractivity contribution is 5.79. The molecule has 0 spiro atoms. The minimum absolute atomic E-state index is 0.876. The zero-order valence-corrected chi connectivity index (χ0v) is 12.3. The molecule has 3 aromatic rings. The van der Waals surface area contributed by atoms with Crippen LogP contribution >= 0.6 is 0 Å². The van der Waals surface area contributed by atoms with Gasteiger partial charge in [-0.25, -0.2) is 9.50 Å². The lowest BCUT2D eigenvalue weighted by Crippen LogP contribution is -1.97. The number of rotatable bonds is 2. The molecule has 0 saturated heterocycles. The number of fused-ring (bicyclic) bond motifs is 2. The summed E-state index contributed by atoms with van der Waals surface area (Å²) in [6, 6.07) is 6.12. The lowest BCUT2D eigenvalue weighted by Gasteiger charge is -2.07. The molecule has 2 aromatic heterocycles. The molecular formula is C17H17N3O. The topological polar surface area (TPSA) is 39.4 Å². The normalized spacial score (nSPS) is 13.6. The fraction of sp³-hybridized carbons (Fsp3) is 0.294. The number of benzene rings is 1. The molecule has 21 heavy (non-hydrogen) atoms. The predicted octanol–water partition coefficient (Wildman–Crippen LogP) is 3.20. The first kappa shape index (κ1) is 12.4. The lowest BCUT2D eigenvalue weighted by atomic mass is 10.0. The van der Waals surface area contributed by atoms with Gasteiger partial charge in [-0.15, -0.1) is 0 Å². The van der Waals surface area contributed by atoms with Gasteiger partial charge in [-0.3, -0.25) is 0 Å². The monoisotopic (exact) mass is 279 g/mol. The number of methoxy groups -OCH3 is 1. The minimum Gasteiger partial charge on any atom is -0.497 e. The van der Waals surface area contributed by atoms with Crippen molar-refractivity contribution in [2.24, 2.45) is 0 Å². The molecule has 4 rings (SSSR count). The highest BCUT2D eigenvalue weighted by Gasteiger charge is 2.17. The molecule has 0 amide bonds. The highest BCUT2D eigenvalue weighted by atomic mass is 16.5. The maximum atomic E-state index is 5.28. The van der Waals surface area contributed by atoms with Crippen molar-refractivity contribution in [1.82, 2.24) is 14.6 Å². The summed E-state index contributed by atoms with van der Waals surface area (Å²) in [4.78, 5) is 4.84. The third-order valence-electron chi connectivity index (χ3n) is 4.24. The van der Waals surface area contributed by atoms with Crippen LogP contribution in [0.5, 0.6) is 5.75 Å². The van der Waals surface area contributed by atoms with Gasteiger partial charge >= 0.3 is 0 Å². The molecule has 0 atom stereocenters. The van der Waals surface area contributed by atoms with Crippen molar-refractivity contribution < 1.29 is 4.74 Å². The quantitative estimate of drug-likeness (QED) is 0.723. The third-order valence-corrected chi connectivity index (χ3v) is 4.24. The third kappa shape index (κ3) is 1.90. The van der Waals surface area contributed by atoms with Gasteiger partial charge in [0.1, 0.15) is 5.75 Å². The number of hydrogen-bond donors (Lipinski definition) is 0. The number of hydrogen-bond acceptors (Lipinski definition) is 3. The van der Waals surface area contributed by atoms with Crippen LogP contribution in [0, 0.1) is 6.92 Å². The summed E-state index contributed by atoms with van der Waals surface area (Å²) in [5, 5.41) is 4.48. The van der Waals surface area contributed by atoms with E-state index in [-0.39, 0.29) is 0 Å². The van der Waals surface area contributed by atoms with Gasteiger partial charge in [-0.05, 0) is 55.0 Å². The summed E-state index contributed by atoms with van der Waals surface area (Å²) in [5.41, 5.74) is 6.94. The van der Waals surface area contributed by atoms with Crippen molar-refractivity contribution >= 4 is 5.65 Å². The zero-order valence-electron chi connectivity index (χ0n) is 12.3. The SMILES string of the molecule is COc1ccc(-c2cnn3cc4c(nc23)CCC4)c(C)c1. The lowest BCUT2D eigenvalue weighted by molar-refractivity contribution is 0.414. The Balaban J connectivity index is 1.91. The summed E-state index contributed by atoms with van der Waals surface area (Å²) in [7, 11) is 1.69. The molecule has 0 unspecified atom stereocenters. The molecule has 0 bridgehead atoms. The molecule has 0 fully saturated rings. The summed E-state index contributed by atoms with van der Waals surface area (Å²) in [6.45, 7) is 2.09. The van der Waals surface area contributed by atoms with Gasteiger partial charge in [0.25, 0.3) is 0 Å². The van der Waals surface area contributed by atoms with Crippen LogP contribution in [0.3, 0.4) is 0 Å². The standard InChI is InChI=1S/C17H17N3O/c1-11-8-13(21-2)6-7-14(11)15-9-18-20-10-12-4-3-5-16(12)19-17(15)20/h6-10H,3-5H2,1-2H3. The van der Waals surface area contributed by atoms with E-state index in [1.54, 1.807) is 7.11 Å². The second-order valence-electron chi connectivity index (χ2n) is 5.57. The molecule has 106 valence electrons. The van der Waals surface area contributed by atoms with Crippen LogP contribution in [0.4, 0.5) is 0 Å². The van der Waals surface area contributed by atoms with E-state index < -0.39 is 0 Å². The van der Waals surface area contributed by atoms with Crippen molar-refractivity contribution in [2.75, 3.05) is 7.11 Å². The molecule has 0 radical (unpaired) electrons. The van der Waals surface area contributed by atoms with E-state index in [0.29, 0.717) is 0 Å². The summed E-state index contributed by atoms with van der Waals surface area (Å²) < 4.78 is 7.18. The Labute approximate surface area is 123 Å². The average molecular weight is 279 g/mol. The molecule has 0 N–H and O–H groups in total. The Morgan fingerprint density at radius 2 is 2.10 bits per heavy atom. The van der Waals surface area contributed by atoms with Gasteiger partial charge in [0.2, 0.25) is 0 Å². The summed E-state index contributed by atoms with van der Waals surface area (Å²) >= 11 is 0. The van der Waals surface area contributed by atoms with Crippen molar-refractivity contribution in [2.45, 2.75) is 26.2 Å². The molecule has 2 heterocycles. The van der Waals surface area contributed by atoms with Gasteiger partial charge in [0, 0.05) is 17.5 Å². The van der Waals surface area contributed by atoms with Crippen LogP contribution in [-0.2, 0) is 12.8 Å². The van der Waals surface area contributed by atoms with E-state index in [0.717, 1.165) is 35.4 Å². The minimum atomic E-state index is 0.876. The smallest absolute Gasteiger partial charge is 0.163 e. The van der Waals surface area contributed by atoms with Crippen LogP contribution in [0.1, 0.15) is 23.2 Å². The Hall–Kier alpha value is -2.36. The van der Waals surface area contributed by atoms with E-state index in [1.807, 2.05) is 22.8 Å². The fourth-order valence-electron chi connectivity index (χ4n) is 3.11. The van der Waals surface area contributed by atoms with Gasteiger partial charge in [-0.2, -0.15) is 5.10 Å². The first-order chi connectivity index (χ1) is 10.3. The molecule has 0 aliphatic heterocycles. The van der Waals surface area contributed by atoms with Crippen molar-refractivity contribution in [3.63, 3.8) is 0 Å². The largest absolute Gasteiger partial charge is 0.497 e. The fourth-order valence-corrected chi connectivity index (χ4v) is 3.11.